The Labute approximate surface area is 195 Å². The van der Waals surface area contributed by atoms with E-state index >= 15 is 0 Å². The Morgan fingerprint density at radius 2 is 1.78 bits per heavy atom. The highest BCUT2D eigenvalue weighted by Gasteiger charge is 2.36. The number of nitrogens with zero attached hydrogens (tertiary/aromatic N) is 4. The number of carbonyl (C=O) groups is 1. The summed E-state index contributed by atoms with van der Waals surface area (Å²) in [7, 11) is 0. The zero-order valence-corrected chi connectivity index (χ0v) is 19.9. The first-order valence-electron chi connectivity index (χ1n) is 12.2. The van der Waals surface area contributed by atoms with E-state index in [4.69, 9.17) is 0 Å². The van der Waals surface area contributed by atoms with Crippen LogP contribution in [0.1, 0.15) is 37.7 Å². The number of benzene rings is 1. The predicted octanol–water partition coefficient (Wildman–Crippen LogP) is 3.60. The van der Waals surface area contributed by atoms with Crippen LogP contribution in [-0.4, -0.2) is 81.9 Å². The Balaban J connectivity index is 1.04. The summed E-state index contributed by atoms with van der Waals surface area (Å²) in [6.45, 7) is 7.16. The number of hydrogen-bond acceptors (Lipinski definition) is 7. The molecule has 1 aromatic heterocycles. The van der Waals surface area contributed by atoms with Crippen molar-refractivity contribution in [1.29, 1.82) is 0 Å². The molecule has 6 nitrogen and oxygen atoms in total. The Kier molecular flexibility index (Phi) is 6.95. The number of aryl methyl sites for hydroxylation is 1. The summed E-state index contributed by atoms with van der Waals surface area (Å²) >= 11 is 2.10. The van der Waals surface area contributed by atoms with Crippen molar-refractivity contribution >= 4 is 34.3 Å². The third-order valence-electron chi connectivity index (χ3n) is 7.49. The highest BCUT2D eigenvalue weighted by Crippen LogP contribution is 2.32. The minimum atomic E-state index is 0.278. The lowest BCUT2D eigenvalue weighted by atomic mass is 9.84. The molecule has 1 N–H and O–H groups in total. The average molecular weight is 454 g/mol. The van der Waals surface area contributed by atoms with Crippen LogP contribution in [-0.2, 0) is 4.79 Å². The Morgan fingerprint density at radius 1 is 1.06 bits per heavy atom. The van der Waals surface area contributed by atoms with Gasteiger partial charge in [-0.2, -0.15) is 11.8 Å². The minimum absolute atomic E-state index is 0.278. The van der Waals surface area contributed by atoms with Gasteiger partial charge in [-0.1, -0.05) is 11.6 Å². The van der Waals surface area contributed by atoms with Crippen LogP contribution < -0.4 is 5.32 Å². The van der Waals surface area contributed by atoms with E-state index in [1.807, 2.05) is 12.1 Å². The first-order valence-corrected chi connectivity index (χ1v) is 13.3. The standard InChI is InChI=1S/C25H35N5OS/c1-18-2-7-24-23(12-18)25(28-17-27-24)26-14-22(31)13-19-15-30(16-19)21-5-3-20(4-6-21)29-8-10-32-11-9-29/h2,7,12,17,19-21H,3-6,8-11,13-16H2,1H3,(H,26,27,28). The van der Waals surface area contributed by atoms with Crippen molar-refractivity contribution < 1.29 is 4.79 Å². The predicted molar refractivity (Wildman–Crippen MR) is 132 cm³/mol. The number of thioether (sulfide) groups is 1. The summed E-state index contributed by atoms with van der Waals surface area (Å²) in [5, 5.41) is 4.24. The highest BCUT2D eigenvalue weighted by molar-refractivity contribution is 7.99. The molecule has 3 aliphatic rings. The van der Waals surface area contributed by atoms with E-state index in [0.29, 0.717) is 18.9 Å². The van der Waals surface area contributed by atoms with Gasteiger partial charge in [0.15, 0.2) is 5.78 Å². The molecule has 0 atom stereocenters. The van der Waals surface area contributed by atoms with Crippen LogP contribution in [0.4, 0.5) is 5.82 Å². The summed E-state index contributed by atoms with van der Waals surface area (Å²) in [4.78, 5) is 26.6. The van der Waals surface area contributed by atoms with Gasteiger partial charge in [0, 0.05) is 61.6 Å². The summed E-state index contributed by atoms with van der Waals surface area (Å²) in [5.41, 5.74) is 2.07. The molecule has 172 valence electrons. The second-order valence-electron chi connectivity index (χ2n) is 9.77. The molecule has 1 saturated carbocycles. The first-order chi connectivity index (χ1) is 15.7. The fraction of sp³-hybridized carbons (Fsp3) is 0.640. The smallest absolute Gasteiger partial charge is 0.152 e. The maximum Gasteiger partial charge on any atom is 0.152 e. The molecule has 0 bridgehead atoms. The molecule has 5 rings (SSSR count). The molecule has 1 aromatic carbocycles. The van der Waals surface area contributed by atoms with Crippen LogP contribution in [0, 0.1) is 12.8 Å². The molecule has 0 spiro atoms. The van der Waals surface area contributed by atoms with E-state index < -0.39 is 0 Å². The van der Waals surface area contributed by atoms with Crippen LogP contribution in [0.25, 0.3) is 10.9 Å². The van der Waals surface area contributed by atoms with Gasteiger partial charge in [0.25, 0.3) is 0 Å². The van der Waals surface area contributed by atoms with Gasteiger partial charge in [0.1, 0.15) is 12.1 Å². The van der Waals surface area contributed by atoms with Gasteiger partial charge in [-0.15, -0.1) is 0 Å². The zero-order chi connectivity index (χ0) is 21.9. The lowest BCUT2D eigenvalue weighted by molar-refractivity contribution is -0.120. The molecule has 0 amide bonds. The largest absolute Gasteiger partial charge is 0.362 e. The van der Waals surface area contributed by atoms with Crippen LogP contribution in [0.5, 0.6) is 0 Å². The molecule has 0 unspecified atom stereocenters. The normalized spacial score (nSPS) is 25.5. The van der Waals surface area contributed by atoms with Crippen molar-refractivity contribution in [3.63, 3.8) is 0 Å². The number of hydrogen-bond donors (Lipinski definition) is 1. The average Bonchev–Trinajstić information content (AvgIpc) is 2.80. The first kappa shape index (κ1) is 22.1. The summed E-state index contributed by atoms with van der Waals surface area (Å²) in [5.74, 6) is 4.17. The number of likely N-dealkylation sites (tertiary alicyclic amines) is 1. The van der Waals surface area contributed by atoms with Crippen LogP contribution >= 0.6 is 11.8 Å². The lowest BCUT2D eigenvalue weighted by Gasteiger charge is -2.48. The minimum Gasteiger partial charge on any atom is -0.362 e. The Bertz CT molecular complexity index is 933. The van der Waals surface area contributed by atoms with Gasteiger partial charge in [-0.25, -0.2) is 9.97 Å². The van der Waals surface area contributed by atoms with E-state index in [1.54, 1.807) is 6.33 Å². The third-order valence-corrected chi connectivity index (χ3v) is 8.43. The summed E-state index contributed by atoms with van der Waals surface area (Å²) < 4.78 is 0. The molecular formula is C25H35N5OS. The number of carbonyl (C=O) groups excluding carboxylic acids is 1. The van der Waals surface area contributed by atoms with Gasteiger partial charge >= 0.3 is 0 Å². The van der Waals surface area contributed by atoms with Crippen LogP contribution in [0.15, 0.2) is 24.5 Å². The third kappa shape index (κ3) is 5.10. The number of anilines is 1. The number of aromatic nitrogens is 2. The monoisotopic (exact) mass is 453 g/mol. The molecule has 3 heterocycles. The van der Waals surface area contributed by atoms with Gasteiger partial charge in [-0.3, -0.25) is 14.6 Å². The van der Waals surface area contributed by atoms with Crippen molar-refractivity contribution in [3.8, 4) is 0 Å². The molecular weight excluding hydrogens is 418 g/mol. The molecule has 7 heteroatoms. The molecule has 2 saturated heterocycles. The number of fused-ring (bicyclic) bond motifs is 1. The van der Waals surface area contributed by atoms with E-state index in [1.165, 1.54) is 55.8 Å². The second kappa shape index (κ2) is 10.1. The molecule has 2 aromatic rings. The number of Topliss-reactive ketones (excluding diaryl/α,β-unsaturated/α-hetero) is 1. The van der Waals surface area contributed by atoms with Crippen molar-refractivity contribution in [3.05, 3.63) is 30.1 Å². The number of rotatable bonds is 7. The van der Waals surface area contributed by atoms with Gasteiger partial charge in [0.2, 0.25) is 0 Å². The van der Waals surface area contributed by atoms with E-state index in [2.05, 4.69) is 49.8 Å². The van der Waals surface area contributed by atoms with Crippen LogP contribution in [0.3, 0.4) is 0 Å². The topological polar surface area (TPSA) is 61.4 Å². The van der Waals surface area contributed by atoms with Gasteiger partial charge in [0.05, 0.1) is 12.1 Å². The maximum atomic E-state index is 12.6. The Hall–Kier alpha value is -1.70. The maximum absolute atomic E-state index is 12.6. The van der Waals surface area contributed by atoms with Crippen LogP contribution in [0.2, 0.25) is 0 Å². The fourth-order valence-electron chi connectivity index (χ4n) is 5.66. The number of nitrogens with one attached hydrogen (secondary N) is 1. The highest BCUT2D eigenvalue weighted by atomic mass is 32.2. The van der Waals surface area contributed by atoms with Crippen molar-refractivity contribution in [2.45, 2.75) is 51.1 Å². The molecule has 2 aliphatic heterocycles. The number of ketones is 1. The molecule has 32 heavy (non-hydrogen) atoms. The van der Waals surface area contributed by atoms with Gasteiger partial charge in [-0.05, 0) is 50.7 Å². The van der Waals surface area contributed by atoms with E-state index in [9.17, 15) is 4.79 Å². The quantitative estimate of drug-likeness (QED) is 0.687. The van der Waals surface area contributed by atoms with Crippen molar-refractivity contribution in [2.24, 2.45) is 5.92 Å². The van der Waals surface area contributed by atoms with Crippen molar-refractivity contribution in [1.82, 2.24) is 19.8 Å². The second-order valence-corrected chi connectivity index (χ2v) is 11.0. The summed E-state index contributed by atoms with van der Waals surface area (Å²) in [6, 6.07) is 7.68. The zero-order valence-electron chi connectivity index (χ0n) is 19.1. The van der Waals surface area contributed by atoms with E-state index in [0.717, 1.165) is 41.9 Å². The van der Waals surface area contributed by atoms with Gasteiger partial charge < -0.3 is 5.32 Å². The molecule has 0 radical (unpaired) electrons. The van der Waals surface area contributed by atoms with E-state index in [-0.39, 0.29) is 5.78 Å². The molecule has 3 fully saturated rings. The fourth-order valence-corrected chi connectivity index (χ4v) is 6.59. The summed E-state index contributed by atoms with van der Waals surface area (Å²) in [6.07, 6.45) is 7.60. The molecule has 1 aliphatic carbocycles. The Morgan fingerprint density at radius 3 is 2.53 bits per heavy atom. The van der Waals surface area contributed by atoms with Crippen molar-refractivity contribution in [2.75, 3.05) is 49.5 Å². The SMILES string of the molecule is Cc1ccc2ncnc(NCC(=O)CC3CN(C4CCC(N5CCSCC5)CC4)C3)c2c1. The lowest BCUT2D eigenvalue weighted by Crippen LogP contribution is -2.55.